The highest BCUT2D eigenvalue weighted by atomic mass is 35.5. The Bertz CT molecular complexity index is 977. The third-order valence-corrected chi connectivity index (χ3v) is 5.06. The molecule has 0 aliphatic carbocycles. The standard InChI is InChI=1S/C15H16ClN5O2S/c1-11-15(10-20(2)18-11)24(22,23)19-14-5-3-4-12(6-14)8-21-9-13(16)7-17-21/h3-7,9-10,19H,8H2,1-2H3. The minimum absolute atomic E-state index is 0.161. The molecule has 0 amide bonds. The molecule has 24 heavy (non-hydrogen) atoms. The Morgan fingerprint density at radius 3 is 2.71 bits per heavy atom. The van der Waals surface area contributed by atoms with E-state index in [4.69, 9.17) is 11.6 Å². The lowest BCUT2D eigenvalue weighted by Crippen LogP contribution is -2.13. The minimum atomic E-state index is -3.69. The van der Waals surface area contributed by atoms with Crippen LogP contribution in [0.25, 0.3) is 0 Å². The van der Waals surface area contributed by atoms with E-state index in [0.717, 1.165) is 5.56 Å². The lowest BCUT2D eigenvalue weighted by Gasteiger charge is -2.09. The molecule has 1 aromatic carbocycles. The fraction of sp³-hybridized carbons (Fsp3) is 0.200. The number of nitrogens with zero attached hydrogens (tertiary/aromatic N) is 4. The normalized spacial score (nSPS) is 11.6. The maximum absolute atomic E-state index is 12.5. The van der Waals surface area contributed by atoms with Crippen LogP contribution >= 0.6 is 11.6 Å². The highest BCUT2D eigenvalue weighted by Gasteiger charge is 2.20. The van der Waals surface area contributed by atoms with Crippen LogP contribution in [0.4, 0.5) is 5.69 Å². The van der Waals surface area contributed by atoms with E-state index in [2.05, 4.69) is 14.9 Å². The van der Waals surface area contributed by atoms with Crippen molar-refractivity contribution < 1.29 is 8.42 Å². The molecule has 0 fully saturated rings. The van der Waals surface area contributed by atoms with Crippen LogP contribution in [0.3, 0.4) is 0 Å². The van der Waals surface area contributed by atoms with Gasteiger partial charge in [0.1, 0.15) is 4.90 Å². The molecule has 0 atom stereocenters. The van der Waals surface area contributed by atoms with Crippen molar-refractivity contribution >= 4 is 27.3 Å². The molecule has 0 aliphatic rings. The number of halogens is 1. The number of nitrogens with one attached hydrogen (secondary N) is 1. The van der Waals surface area contributed by atoms with Crippen LogP contribution in [0.15, 0.2) is 47.8 Å². The van der Waals surface area contributed by atoms with Gasteiger partial charge in [0.15, 0.2) is 0 Å². The molecular weight excluding hydrogens is 350 g/mol. The van der Waals surface area contributed by atoms with Gasteiger partial charge in [0.25, 0.3) is 10.0 Å². The van der Waals surface area contributed by atoms with Crippen molar-refractivity contribution in [3.8, 4) is 0 Å². The average molecular weight is 366 g/mol. The zero-order valence-electron chi connectivity index (χ0n) is 13.1. The lowest BCUT2D eigenvalue weighted by molar-refractivity contribution is 0.600. The number of sulfonamides is 1. The van der Waals surface area contributed by atoms with E-state index in [0.29, 0.717) is 22.9 Å². The Balaban J connectivity index is 1.82. The topological polar surface area (TPSA) is 81.8 Å². The number of hydrogen-bond acceptors (Lipinski definition) is 4. The van der Waals surface area contributed by atoms with Gasteiger partial charge in [0.05, 0.1) is 23.5 Å². The van der Waals surface area contributed by atoms with Gasteiger partial charge in [-0.05, 0) is 24.6 Å². The van der Waals surface area contributed by atoms with E-state index in [1.807, 2.05) is 6.07 Å². The van der Waals surface area contributed by atoms with Crippen LogP contribution in [-0.4, -0.2) is 28.0 Å². The average Bonchev–Trinajstić information content (AvgIpc) is 3.04. The summed E-state index contributed by atoms with van der Waals surface area (Å²) in [5, 5.41) is 8.73. The molecule has 9 heteroatoms. The van der Waals surface area contributed by atoms with Gasteiger partial charge in [-0.1, -0.05) is 23.7 Å². The van der Waals surface area contributed by atoms with Gasteiger partial charge < -0.3 is 0 Å². The van der Waals surface area contributed by atoms with Crippen LogP contribution < -0.4 is 4.72 Å². The molecule has 0 bridgehead atoms. The maximum atomic E-state index is 12.5. The van der Waals surface area contributed by atoms with E-state index < -0.39 is 10.0 Å². The van der Waals surface area contributed by atoms with E-state index in [-0.39, 0.29) is 4.90 Å². The van der Waals surface area contributed by atoms with Crippen molar-refractivity contribution in [1.82, 2.24) is 19.6 Å². The lowest BCUT2D eigenvalue weighted by atomic mass is 10.2. The summed E-state index contributed by atoms with van der Waals surface area (Å²) in [6.45, 7) is 2.15. The van der Waals surface area contributed by atoms with Crippen LogP contribution in [-0.2, 0) is 23.6 Å². The summed E-state index contributed by atoms with van der Waals surface area (Å²) < 4.78 is 30.8. The van der Waals surface area contributed by atoms with Gasteiger partial charge in [-0.3, -0.25) is 14.1 Å². The van der Waals surface area contributed by atoms with E-state index in [9.17, 15) is 8.42 Å². The SMILES string of the molecule is Cc1nn(C)cc1S(=O)(=O)Nc1cccc(Cn2cc(Cl)cn2)c1. The molecule has 2 heterocycles. The quantitative estimate of drug-likeness (QED) is 0.752. The fourth-order valence-corrected chi connectivity index (χ4v) is 3.82. The molecular formula is C15H16ClN5O2S. The molecule has 0 radical (unpaired) electrons. The second kappa shape index (κ2) is 6.29. The summed E-state index contributed by atoms with van der Waals surface area (Å²) in [5.74, 6) is 0. The fourth-order valence-electron chi connectivity index (χ4n) is 2.40. The highest BCUT2D eigenvalue weighted by molar-refractivity contribution is 7.92. The number of benzene rings is 1. The number of anilines is 1. The molecule has 2 aromatic heterocycles. The summed E-state index contributed by atoms with van der Waals surface area (Å²) in [7, 11) is -2.00. The zero-order valence-corrected chi connectivity index (χ0v) is 14.7. The Labute approximate surface area is 144 Å². The molecule has 126 valence electrons. The Kier molecular flexibility index (Phi) is 4.33. The Morgan fingerprint density at radius 1 is 1.29 bits per heavy atom. The monoisotopic (exact) mass is 365 g/mol. The molecule has 0 saturated carbocycles. The molecule has 0 unspecified atom stereocenters. The first-order valence-electron chi connectivity index (χ1n) is 7.13. The largest absolute Gasteiger partial charge is 0.280 e. The van der Waals surface area contributed by atoms with Crippen molar-refractivity contribution in [2.75, 3.05) is 4.72 Å². The maximum Gasteiger partial charge on any atom is 0.265 e. The predicted molar refractivity (Wildman–Crippen MR) is 91.5 cm³/mol. The zero-order chi connectivity index (χ0) is 17.3. The Morgan fingerprint density at radius 2 is 2.08 bits per heavy atom. The second-order valence-electron chi connectivity index (χ2n) is 5.41. The summed E-state index contributed by atoms with van der Waals surface area (Å²) >= 11 is 5.85. The number of aryl methyl sites for hydroxylation is 2. The summed E-state index contributed by atoms with van der Waals surface area (Å²) in [6, 6.07) is 7.14. The Hall–Kier alpha value is -2.32. The van der Waals surface area contributed by atoms with Crippen molar-refractivity contribution in [2.24, 2.45) is 7.05 Å². The first-order chi connectivity index (χ1) is 11.3. The third kappa shape index (κ3) is 3.60. The van der Waals surface area contributed by atoms with Gasteiger partial charge >= 0.3 is 0 Å². The third-order valence-electron chi connectivity index (χ3n) is 3.38. The van der Waals surface area contributed by atoms with Crippen LogP contribution in [0, 0.1) is 6.92 Å². The van der Waals surface area contributed by atoms with Crippen molar-refractivity contribution in [3.05, 3.63) is 59.1 Å². The van der Waals surface area contributed by atoms with E-state index in [1.54, 1.807) is 49.2 Å². The van der Waals surface area contributed by atoms with Gasteiger partial charge in [0, 0.05) is 25.1 Å². The predicted octanol–water partition coefficient (Wildman–Crippen LogP) is 2.43. The minimum Gasteiger partial charge on any atom is -0.280 e. The summed E-state index contributed by atoms with van der Waals surface area (Å²) in [5.41, 5.74) is 1.83. The number of aromatic nitrogens is 4. The molecule has 0 spiro atoms. The molecule has 0 saturated heterocycles. The number of hydrogen-bond donors (Lipinski definition) is 1. The molecule has 7 nitrogen and oxygen atoms in total. The van der Waals surface area contributed by atoms with Crippen LogP contribution in [0.2, 0.25) is 5.02 Å². The van der Waals surface area contributed by atoms with Crippen molar-refractivity contribution in [2.45, 2.75) is 18.4 Å². The van der Waals surface area contributed by atoms with Crippen LogP contribution in [0.5, 0.6) is 0 Å². The first-order valence-corrected chi connectivity index (χ1v) is 8.99. The molecule has 3 rings (SSSR count). The number of rotatable bonds is 5. The summed E-state index contributed by atoms with van der Waals surface area (Å²) in [6.07, 6.45) is 4.74. The van der Waals surface area contributed by atoms with Crippen molar-refractivity contribution in [1.29, 1.82) is 0 Å². The van der Waals surface area contributed by atoms with Crippen molar-refractivity contribution in [3.63, 3.8) is 0 Å². The van der Waals surface area contributed by atoms with Gasteiger partial charge in [-0.2, -0.15) is 10.2 Å². The van der Waals surface area contributed by atoms with Crippen LogP contribution in [0.1, 0.15) is 11.3 Å². The summed E-state index contributed by atoms with van der Waals surface area (Å²) in [4.78, 5) is 0.161. The molecule has 1 N–H and O–H groups in total. The van der Waals surface area contributed by atoms with Gasteiger partial charge in [-0.15, -0.1) is 0 Å². The van der Waals surface area contributed by atoms with Gasteiger partial charge in [0.2, 0.25) is 0 Å². The first kappa shape index (κ1) is 16.5. The van der Waals surface area contributed by atoms with E-state index >= 15 is 0 Å². The smallest absolute Gasteiger partial charge is 0.265 e. The van der Waals surface area contributed by atoms with Gasteiger partial charge in [-0.25, -0.2) is 8.42 Å². The molecule has 0 aliphatic heterocycles. The highest BCUT2D eigenvalue weighted by Crippen LogP contribution is 2.19. The second-order valence-corrected chi connectivity index (χ2v) is 7.50. The van der Waals surface area contributed by atoms with E-state index in [1.165, 1.54) is 10.9 Å². The molecule has 3 aromatic rings.